The Morgan fingerprint density at radius 3 is 2.33 bits per heavy atom. The van der Waals surface area contributed by atoms with Crippen molar-refractivity contribution in [2.45, 2.75) is 82.0 Å². The summed E-state index contributed by atoms with van der Waals surface area (Å²) < 4.78 is 5.02. The van der Waals surface area contributed by atoms with Gasteiger partial charge >= 0.3 is 0 Å². The lowest BCUT2D eigenvalue weighted by atomic mass is 10.1. The van der Waals surface area contributed by atoms with Gasteiger partial charge in [-0.3, -0.25) is 4.79 Å². The van der Waals surface area contributed by atoms with E-state index in [0.717, 1.165) is 50.8 Å². The standard InChI is InChI=1S/C21H39Cl2NO3/c1-24(20(17-25)18-27-2)21(26)15-11-6-4-3-5-9-13-19(23)14-10-7-8-12-16-22/h4,6,19-20,25H,3,5,7-18H2,1-2H3. The zero-order chi connectivity index (χ0) is 20.3. The molecule has 0 aliphatic heterocycles. The quantitative estimate of drug-likeness (QED) is 0.188. The van der Waals surface area contributed by atoms with Gasteiger partial charge in [0.25, 0.3) is 0 Å². The van der Waals surface area contributed by atoms with E-state index < -0.39 is 0 Å². The second-order valence-corrected chi connectivity index (χ2v) is 8.08. The maximum absolute atomic E-state index is 12.1. The van der Waals surface area contributed by atoms with Gasteiger partial charge in [0.2, 0.25) is 5.91 Å². The van der Waals surface area contributed by atoms with E-state index in [0.29, 0.717) is 18.4 Å². The number of hydrogen-bond donors (Lipinski definition) is 1. The predicted molar refractivity (Wildman–Crippen MR) is 116 cm³/mol. The van der Waals surface area contributed by atoms with Crippen LogP contribution in [0.1, 0.15) is 70.6 Å². The molecule has 0 rings (SSSR count). The van der Waals surface area contributed by atoms with Crippen molar-refractivity contribution in [3.63, 3.8) is 0 Å². The van der Waals surface area contributed by atoms with Gasteiger partial charge in [-0.25, -0.2) is 0 Å². The molecule has 0 fully saturated rings. The number of nitrogens with zero attached hydrogens (tertiary/aromatic N) is 1. The largest absolute Gasteiger partial charge is 0.394 e. The number of methoxy groups -OCH3 is 1. The first-order valence-corrected chi connectivity index (χ1v) is 11.2. The highest BCUT2D eigenvalue weighted by atomic mass is 35.5. The van der Waals surface area contributed by atoms with E-state index in [2.05, 4.69) is 12.2 Å². The number of alkyl halides is 2. The van der Waals surface area contributed by atoms with Crippen molar-refractivity contribution < 1.29 is 14.6 Å². The first-order chi connectivity index (χ1) is 13.1. The number of aliphatic hydroxyl groups excluding tert-OH is 1. The van der Waals surface area contributed by atoms with Crippen LogP contribution >= 0.6 is 23.2 Å². The van der Waals surface area contributed by atoms with Gasteiger partial charge in [-0.2, -0.15) is 0 Å². The van der Waals surface area contributed by atoms with E-state index in [-0.39, 0.29) is 18.6 Å². The number of carbonyl (C=O) groups is 1. The van der Waals surface area contributed by atoms with Crippen LogP contribution in [-0.4, -0.2) is 60.6 Å². The van der Waals surface area contributed by atoms with Gasteiger partial charge < -0.3 is 14.7 Å². The summed E-state index contributed by atoms with van der Waals surface area (Å²) >= 11 is 12.0. The van der Waals surface area contributed by atoms with Crippen LogP contribution in [-0.2, 0) is 9.53 Å². The fourth-order valence-electron chi connectivity index (χ4n) is 2.89. The highest BCUT2D eigenvalue weighted by molar-refractivity contribution is 6.20. The zero-order valence-electron chi connectivity index (χ0n) is 17.2. The average Bonchev–Trinajstić information content (AvgIpc) is 2.67. The molecule has 1 amide bonds. The first kappa shape index (κ1) is 26.7. The van der Waals surface area contributed by atoms with E-state index in [9.17, 15) is 9.90 Å². The van der Waals surface area contributed by atoms with E-state index >= 15 is 0 Å². The molecule has 0 aliphatic rings. The number of halogens is 2. The van der Waals surface area contributed by atoms with Gasteiger partial charge in [-0.1, -0.05) is 37.8 Å². The van der Waals surface area contributed by atoms with Crippen molar-refractivity contribution >= 4 is 29.1 Å². The third kappa shape index (κ3) is 15.3. The van der Waals surface area contributed by atoms with Gasteiger partial charge in [-0.05, 0) is 38.5 Å². The summed E-state index contributed by atoms with van der Waals surface area (Å²) in [6.07, 6.45) is 15.7. The van der Waals surface area contributed by atoms with Crippen LogP contribution in [0.4, 0.5) is 0 Å². The normalized spacial score (nSPS) is 13.8. The zero-order valence-corrected chi connectivity index (χ0v) is 18.7. The number of rotatable bonds is 18. The number of carbonyl (C=O) groups excluding carboxylic acids is 1. The van der Waals surface area contributed by atoms with E-state index in [4.69, 9.17) is 27.9 Å². The molecular weight excluding hydrogens is 385 g/mol. The summed E-state index contributed by atoms with van der Waals surface area (Å²) in [5.41, 5.74) is 0. The van der Waals surface area contributed by atoms with Crippen molar-refractivity contribution in [3.05, 3.63) is 12.2 Å². The van der Waals surface area contributed by atoms with Gasteiger partial charge in [0.1, 0.15) is 0 Å². The molecule has 0 saturated heterocycles. The van der Waals surface area contributed by atoms with Crippen molar-refractivity contribution in [2.24, 2.45) is 0 Å². The molecule has 4 nitrogen and oxygen atoms in total. The molecule has 2 unspecified atom stereocenters. The molecule has 160 valence electrons. The van der Waals surface area contributed by atoms with Crippen LogP contribution in [0.3, 0.4) is 0 Å². The van der Waals surface area contributed by atoms with Crippen molar-refractivity contribution in [1.82, 2.24) is 4.90 Å². The van der Waals surface area contributed by atoms with E-state index in [1.165, 1.54) is 19.3 Å². The van der Waals surface area contributed by atoms with Crippen LogP contribution < -0.4 is 0 Å². The molecule has 0 spiro atoms. The molecule has 0 aromatic rings. The number of allylic oxidation sites excluding steroid dienone is 2. The Labute approximate surface area is 176 Å². The van der Waals surface area contributed by atoms with Gasteiger partial charge in [-0.15, -0.1) is 23.2 Å². The maximum atomic E-state index is 12.1. The average molecular weight is 424 g/mol. The molecular formula is C21H39Cl2NO3. The summed E-state index contributed by atoms with van der Waals surface area (Å²) in [4.78, 5) is 13.7. The SMILES string of the molecule is COCC(CO)N(C)C(=O)CCC=CCCCCC(Cl)CCCCCCCl. The molecule has 0 radical (unpaired) electrons. The lowest BCUT2D eigenvalue weighted by molar-refractivity contribution is -0.133. The maximum Gasteiger partial charge on any atom is 0.223 e. The molecule has 1 N–H and O–H groups in total. The van der Waals surface area contributed by atoms with Crippen LogP contribution in [0.5, 0.6) is 0 Å². The lowest BCUT2D eigenvalue weighted by Gasteiger charge is -2.25. The summed E-state index contributed by atoms with van der Waals surface area (Å²) in [5.74, 6) is 0.798. The molecule has 0 aromatic carbocycles. The van der Waals surface area contributed by atoms with E-state index in [1.54, 1.807) is 19.1 Å². The fraction of sp³-hybridized carbons (Fsp3) is 0.857. The smallest absolute Gasteiger partial charge is 0.223 e. The van der Waals surface area contributed by atoms with Gasteiger partial charge in [0, 0.05) is 31.8 Å². The molecule has 0 aliphatic carbocycles. The first-order valence-electron chi connectivity index (χ1n) is 10.3. The summed E-state index contributed by atoms with van der Waals surface area (Å²) in [5, 5.41) is 9.58. The second kappa shape index (κ2) is 19.0. The van der Waals surface area contributed by atoms with Crippen LogP contribution in [0.25, 0.3) is 0 Å². The Hall–Kier alpha value is -0.290. The molecule has 0 bridgehead atoms. The monoisotopic (exact) mass is 423 g/mol. The summed E-state index contributed by atoms with van der Waals surface area (Å²) in [7, 11) is 3.28. The highest BCUT2D eigenvalue weighted by Gasteiger charge is 2.18. The Bertz CT molecular complexity index is 380. The van der Waals surface area contributed by atoms with Crippen LogP contribution in [0.15, 0.2) is 12.2 Å². The third-order valence-corrected chi connectivity index (χ3v) is 5.45. The second-order valence-electron chi connectivity index (χ2n) is 7.08. The fourth-order valence-corrected chi connectivity index (χ4v) is 3.39. The minimum absolute atomic E-state index is 0.0341. The number of amides is 1. The number of unbranched alkanes of at least 4 members (excludes halogenated alkanes) is 5. The Morgan fingerprint density at radius 1 is 1.07 bits per heavy atom. The predicted octanol–water partition coefficient (Wildman–Crippen LogP) is 5.15. The Morgan fingerprint density at radius 2 is 1.70 bits per heavy atom. The van der Waals surface area contributed by atoms with Gasteiger partial charge in [0.05, 0.1) is 19.3 Å². The van der Waals surface area contributed by atoms with Gasteiger partial charge in [0.15, 0.2) is 0 Å². The summed E-state index contributed by atoms with van der Waals surface area (Å²) in [6.45, 7) is 0.268. The van der Waals surface area contributed by atoms with E-state index in [1.807, 2.05) is 0 Å². The number of ether oxygens (including phenoxy) is 1. The number of hydrogen-bond acceptors (Lipinski definition) is 3. The van der Waals surface area contributed by atoms with Crippen molar-refractivity contribution in [3.8, 4) is 0 Å². The Balaban J connectivity index is 3.65. The minimum atomic E-state index is -0.268. The van der Waals surface area contributed by atoms with Crippen molar-refractivity contribution in [1.29, 1.82) is 0 Å². The minimum Gasteiger partial charge on any atom is -0.394 e. The molecule has 0 heterocycles. The molecule has 2 atom stereocenters. The summed E-state index contributed by atoms with van der Waals surface area (Å²) in [6, 6.07) is -0.268. The third-order valence-electron chi connectivity index (χ3n) is 4.74. The molecule has 0 aromatic heterocycles. The van der Waals surface area contributed by atoms with Crippen LogP contribution in [0, 0.1) is 0 Å². The topological polar surface area (TPSA) is 49.8 Å². The number of likely N-dealkylation sites (N-methyl/N-ethyl adjacent to an activating group) is 1. The molecule has 6 heteroatoms. The molecule has 0 saturated carbocycles. The van der Waals surface area contributed by atoms with Crippen LogP contribution in [0.2, 0.25) is 0 Å². The van der Waals surface area contributed by atoms with Crippen molar-refractivity contribution in [2.75, 3.05) is 33.3 Å². The Kier molecular flexibility index (Phi) is 18.8. The molecule has 27 heavy (non-hydrogen) atoms. The highest BCUT2D eigenvalue weighted by Crippen LogP contribution is 2.17. The number of aliphatic hydroxyl groups is 1. The lowest BCUT2D eigenvalue weighted by Crippen LogP contribution is -2.42.